The molecule has 1 aromatic carbocycles. The summed E-state index contributed by atoms with van der Waals surface area (Å²) in [5, 5.41) is 18.9. The molecule has 94 valence electrons. The topological polar surface area (TPSA) is 40.5 Å². The predicted octanol–water partition coefficient (Wildman–Crippen LogP) is 4.16. The molecule has 0 spiro atoms. The predicted molar refractivity (Wildman–Crippen MR) is 76.0 cm³/mol. The summed E-state index contributed by atoms with van der Waals surface area (Å²) in [6.45, 7) is 6.75. The van der Waals surface area contributed by atoms with Crippen LogP contribution in [0.4, 0.5) is 0 Å². The molecule has 0 aliphatic rings. The van der Waals surface area contributed by atoms with Gasteiger partial charge < -0.3 is 10.2 Å². The highest BCUT2D eigenvalue weighted by atomic mass is 28.3. The fourth-order valence-corrected chi connectivity index (χ4v) is 4.78. The van der Waals surface area contributed by atoms with E-state index in [4.69, 9.17) is 0 Å². The lowest BCUT2D eigenvalue weighted by molar-refractivity contribution is 0.450. The number of benzene rings is 1. The third-order valence-electron chi connectivity index (χ3n) is 3.74. The number of hydrogen-bond donors (Lipinski definition) is 2. The average molecular weight is 250 g/mol. The van der Waals surface area contributed by atoms with Crippen molar-refractivity contribution in [3.05, 3.63) is 29.5 Å². The Bertz CT molecular complexity index is 387. The summed E-state index contributed by atoms with van der Waals surface area (Å²) in [5.74, 6) is 0.247. The zero-order valence-electron chi connectivity index (χ0n) is 10.9. The monoisotopic (exact) mass is 250 g/mol. The van der Waals surface area contributed by atoms with Gasteiger partial charge in [-0.1, -0.05) is 50.7 Å². The van der Waals surface area contributed by atoms with E-state index in [1.165, 1.54) is 24.2 Å². The summed E-state index contributed by atoms with van der Waals surface area (Å²) in [7, 11) is -1.29. The van der Waals surface area contributed by atoms with Gasteiger partial charge in [0.05, 0.1) is 8.07 Å². The molecule has 1 rings (SSSR count). The summed E-state index contributed by atoms with van der Waals surface area (Å²) < 4.78 is 0. The van der Waals surface area contributed by atoms with Crippen molar-refractivity contribution in [2.24, 2.45) is 0 Å². The summed E-state index contributed by atoms with van der Waals surface area (Å²) in [5.41, 5.74) is 3.11. The molecule has 0 unspecified atom stereocenters. The molecule has 2 N–H and O–H groups in total. The lowest BCUT2D eigenvalue weighted by atomic mass is 10.2. The lowest BCUT2D eigenvalue weighted by Crippen LogP contribution is -2.28. The second-order valence-corrected chi connectivity index (χ2v) is 9.68. The van der Waals surface area contributed by atoms with E-state index in [1.807, 2.05) is 6.08 Å². The Morgan fingerprint density at radius 1 is 1.06 bits per heavy atom. The van der Waals surface area contributed by atoms with E-state index in [2.05, 4.69) is 26.5 Å². The van der Waals surface area contributed by atoms with Crippen LogP contribution in [-0.4, -0.2) is 18.3 Å². The van der Waals surface area contributed by atoms with Gasteiger partial charge in [0.15, 0.2) is 0 Å². The Kier molecular flexibility index (Phi) is 4.81. The van der Waals surface area contributed by atoms with Crippen LogP contribution in [0.2, 0.25) is 18.1 Å². The number of aromatic hydroxyl groups is 2. The molecule has 0 atom stereocenters. The van der Waals surface area contributed by atoms with Crippen molar-refractivity contribution in [3.8, 4) is 11.5 Å². The molecule has 0 saturated carbocycles. The van der Waals surface area contributed by atoms with Gasteiger partial charge in [0, 0.05) is 11.6 Å². The van der Waals surface area contributed by atoms with E-state index in [1.54, 1.807) is 12.1 Å². The van der Waals surface area contributed by atoms with Crippen molar-refractivity contribution >= 4 is 14.1 Å². The van der Waals surface area contributed by atoms with Crippen LogP contribution in [0.1, 0.15) is 26.3 Å². The first kappa shape index (κ1) is 13.8. The molecule has 0 radical (unpaired) electrons. The first-order valence-corrected chi connectivity index (χ1v) is 8.98. The molecule has 17 heavy (non-hydrogen) atoms. The van der Waals surface area contributed by atoms with Gasteiger partial charge >= 0.3 is 0 Å². The van der Waals surface area contributed by atoms with Crippen LogP contribution < -0.4 is 0 Å². The summed E-state index contributed by atoms with van der Waals surface area (Å²) in [6.07, 6.45) is 2.01. The fourth-order valence-electron chi connectivity index (χ4n) is 2.04. The molecular formula is C14H22O2Si. The van der Waals surface area contributed by atoms with Crippen molar-refractivity contribution in [2.45, 2.75) is 38.9 Å². The molecule has 0 fully saturated rings. The lowest BCUT2D eigenvalue weighted by Gasteiger charge is -2.23. The number of hydrogen-bond acceptors (Lipinski definition) is 2. The van der Waals surface area contributed by atoms with E-state index in [0.29, 0.717) is 0 Å². The fraction of sp³-hybridized carbons (Fsp3) is 0.429. The van der Waals surface area contributed by atoms with E-state index in [9.17, 15) is 10.2 Å². The Morgan fingerprint density at radius 3 is 2.12 bits per heavy atom. The maximum Gasteiger partial charge on any atom is 0.126 e. The normalized spacial score (nSPS) is 12.2. The van der Waals surface area contributed by atoms with Gasteiger partial charge in [0.2, 0.25) is 0 Å². The minimum atomic E-state index is -1.29. The van der Waals surface area contributed by atoms with Crippen LogP contribution in [0.25, 0.3) is 6.08 Å². The summed E-state index contributed by atoms with van der Waals surface area (Å²) in [4.78, 5) is 0. The quantitative estimate of drug-likeness (QED) is 0.770. The zero-order valence-corrected chi connectivity index (χ0v) is 11.9. The Labute approximate surface area is 105 Å². The first-order valence-electron chi connectivity index (χ1n) is 6.28. The van der Waals surface area contributed by atoms with Crippen LogP contribution >= 0.6 is 0 Å². The molecule has 0 aromatic heterocycles. The van der Waals surface area contributed by atoms with E-state index < -0.39 is 8.07 Å². The van der Waals surface area contributed by atoms with Crippen molar-refractivity contribution in [1.29, 1.82) is 0 Å². The molecule has 0 aliphatic carbocycles. The Balaban J connectivity index is 2.96. The highest BCUT2D eigenvalue weighted by Crippen LogP contribution is 2.27. The molecule has 3 heteroatoms. The van der Waals surface area contributed by atoms with Crippen molar-refractivity contribution < 1.29 is 10.2 Å². The van der Waals surface area contributed by atoms with Crippen molar-refractivity contribution in [2.75, 3.05) is 0 Å². The maximum absolute atomic E-state index is 9.71. The van der Waals surface area contributed by atoms with Crippen LogP contribution in [0.5, 0.6) is 11.5 Å². The third kappa shape index (κ3) is 3.36. The van der Waals surface area contributed by atoms with Gasteiger partial charge in [-0.05, 0) is 12.1 Å². The van der Waals surface area contributed by atoms with Crippen LogP contribution in [0.15, 0.2) is 23.9 Å². The molecule has 0 heterocycles. The number of phenols is 2. The SMILES string of the molecule is CC[Si](C=Cc1ccc(O)cc1O)(CC)CC. The maximum atomic E-state index is 9.71. The molecule has 1 aromatic rings. The largest absolute Gasteiger partial charge is 0.508 e. The Morgan fingerprint density at radius 2 is 1.65 bits per heavy atom. The van der Waals surface area contributed by atoms with Crippen LogP contribution in [0.3, 0.4) is 0 Å². The van der Waals surface area contributed by atoms with E-state index in [-0.39, 0.29) is 11.5 Å². The molecule has 0 bridgehead atoms. The molecule has 0 aliphatic heterocycles. The second kappa shape index (κ2) is 5.91. The van der Waals surface area contributed by atoms with Gasteiger partial charge in [0.1, 0.15) is 11.5 Å². The van der Waals surface area contributed by atoms with Gasteiger partial charge in [-0.15, -0.1) is 0 Å². The molecule has 0 saturated heterocycles. The average Bonchev–Trinajstić information content (AvgIpc) is 2.33. The zero-order chi connectivity index (χ0) is 12.9. The minimum Gasteiger partial charge on any atom is -0.508 e. The van der Waals surface area contributed by atoms with Crippen molar-refractivity contribution in [3.63, 3.8) is 0 Å². The molecule has 2 nitrogen and oxygen atoms in total. The minimum absolute atomic E-state index is 0.102. The van der Waals surface area contributed by atoms with E-state index in [0.717, 1.165) is 5.56 Å². The number of phenolic OH excluding ortho intramolecular Hbond substituents is 2. The standard InChI is InChI=1S/C14H22O2Si/c1-4-17(5-2,6-3)10-9-12-7-8-13(15)11-14(12)16/h7-11,15-16H,4-6H2,1-3H3. The molecule has 0 amide bonds. The smallest absolute Gasteiger partial charge is 0.126 e. The highest BCUT2D eigenvalue weighted by molar-refractivity contribution is 6.84. The number of rotatable bonds is 5. The van der Waals surface area contributed by atoms with Crippen LogP contribution in [0, 0.1) is 0 Å². The van der Waals surface area contributed by atoms with Gasteiger partial charge in [0.25, 0.3) is 0 Å². The van der Waals surface area contributed by atoms with E-state index >= 15 is 0 Å². The highest BCUT2D eigenvalue weighted by Gasteiger charge is 2.22. The second-order valence-electron chi connectivity index (χ2n) is 4.50. The van der Waals surface area contributed by atoms with Gasteiger partial charge in [-0.25, -0.2) is 0 Å². The van der Waals surface area contributed by atoms with Crippen molar-refractivity contribution in [1.82, 2.24) is 0 Å². The molecular weight excluding hydrogens is 228 g/mol. The first-order chi connectivity index (χ1) is 8.06. The summed E-state index contributed by atoms with van der Waals surface area (Å²) >= 11 is 0. The van der Waals surface area contributed by atoms with Gasteiger partial charge in [-0.2, -0.15) is 0 Å². The summed E-state index contributed by atoms with van der Waals surface area (Å²) in [6, 6.07) is 8.43. The van der Waals surface area contributed by atoms with Gasteiger partial charge in [-0.3, -0.25) is 0 Å². The van der Waals surface area contributed by atoms with Crippen LogP contribution in [-0.2, 0) is 0 Å². The Hall–Kier alpha value is -1.22. The third-order valence-corrected chi connectivity index (χ3v) is 8.84.